The Hall–Kier alpha value is -0.630. The summed E-state index contributed by atoms with van der Waals surface area (Å²) in [5, 5.41) is 0.546. The van der Waals surface area contributed by atoms with E-state index < -0.39 is 19.9 Å². The van der Waals surface area contributed by atoms with E-state index in [1.165, 1.54) is 4.31 Å². The van der Waals surface area contributed by atoms with Gasteiger partial charge in [0.1, 0.15) is 0 Å². The van der Waals surface area contributed by atoms with Gasteiger partial charge in [-0.1, -0.05) is 23.7 Å². The SMILES string of the molecule is O=S1(=O)CCN(S(=O)(=O)Cc2ccc(Cl)cc2)CC1. The van der Waals surface area contributed by atoms with Crippen LogP contribution in [0.2, 0.25) is 5.02 Å². The Morgan fingerprint density at radius 3 is 2.16 bits per heavy atom. The van der Waals surface area contributed by atoms with Gasteiger partial charge in [-0.15, -0.1) is 0 Å². The molecule has 19 heavy (non-hydrogen) atoms. The third-order valence-electron chi connectivity index (χ3n) is 2.96. The maximum Gasteiger partial charge on any atom is 0.218 e. The largest absolute Gasteiger partial charge is 0.229 e. The van der Waals surface area contributed by atoms with Crippen molar-refractivity contribution < 1.29 is 16.8 Å². The van der Waals surface area contributed by atoms with Gasteiger partial charge in [-0.3, -0.25) is 0 Å². The number of sulfone groups is 1. The molecule has 1 aliphatic heterocycles. The number of benzene rings is 1. The molecular weight excluding hydrogens is 310 g/mol. The zero-order valence-electron chi connectivity index (χ0n) is 10.1. The smallest absolute Gasteiger partial charge is 0.218 e. The van der Waals surface area contributed by atoms with Crippen LogP contribution in [0.3, 0.4) is 0 Å². The van der Waals surface area contributed by atoms with Crippen molar-refractivity contribution in [2.45, 2.75) is 5.75 Å². The lowest BCUT2D eigenvalue weighted by Gasteiger charge is -2.25. The molecule has 1 aliphatic rings. The summed E-state index contributed by atoms with van der Waals surface area (Å²) in [4.78, 5) is 0. The molecule has 0 spiro atoms. The molecule has 0 unspecified atom stereocenters. The Balaban J connectivity index is 2.09. The third kappa shape index (κ3) is 3.92. The van der Waals surface area contributed by atoms with Crippen LogP contribution in [-0.2, 0) is 25.6 Å². The quantitative estimate of drug-likeness (QED) is 0.828. The van der Waals surface area contributed by atoms with Crippen molar-refractivity contribution in [2.75, 3.05) is 24.6 Å². The summed E-state index contributed by atoms with van der Waals surface area (Å²) in [5.74, 6) is -0.343. The van der Waals surface area contributed by atoms with Crippen LogP contribution in [0.1, 0.15) is 5.56 Å². The van der Waals surface area contributed by atoms with Gasteiger partial charge >= 0.3 is 0 Å². The Labute approximate surface area is 118 Å². The molecule has 0 atom stereocenters. The Kier molecular flexibility index (Phi) is 4.20. The van der Waals surface area contributed by atoms with E-state index in [9.17, 15) is 16.8 Å². The monoisotopic (exact) mass is 323 g/mol. The summed E-state index contributed by atoms with van der Waals surface area (Å²) >= 11 is 5.74. The third-order valence-corrected chi connectivity index (χ3v) is 6.67. The number of sulfonamides is 1. The van der Waals surface area contributed by atoms with Crippen molar-refractivity contribution in [3.05, 3.63) is 34.9 Å². The van der Waals surface area contributed by atoms with Crippen molar-refractivity contribution >= 4 is 31.5 Å². The van der Waals surface area contributed by atoms with Gasteiger partial charge in [0.2, 0.25) is 10.0 Å². The fourth-order valence-corrected chi connectivity index (χ4v) is 4.95. The minimum absolute atomic E-state index is 0.0399. The van der Waals surface area contributed by atoms with Crippen molar-refractivity contribution in [2.24, 2.45) is 0 Å². The van der Waals surface area contributed by atoms with Gasteiger partial charge in [0.15, 0.2) is 9.84 Å². The minimum atomic E-state index is -3.47. The predicted molar refractivity (Wildman–Crippen MR) is 74.3 cm³/mol. The van der Waals surface area contributed by atoms with E-state index in [0.29, 0.717) is 10.6 Å². The second-order valence-corrected chi connectivity index (χ2v) is 9.14. The molecule has 106 valence electrons. The first-order valence-electron chi connectivity index (χ1n) is 5.71. The van der Waals surface area contributed by atoms with Gasteiger partial charge in [-0.05, 0) is 17.7 Å². The lowest BCUT2D eigenvalue weighted by atomic mass is 10.2. The lowest BCUT2D eigenvalue weighted by molar-refractivity contribution is 0.430. The number of hydrogen-bond acceptors (Lipinski definition) is 4. The van der Waals surface area contributed by atoms with E-state index >= 15 is 0 Å². The van der Waals surface area contributed by atoms with Crippen LogP contribution in [0.15, 0.2) is 24.3 Å². The van der Waals surface area contributed by atoms with Crippen LogP contribution >= 0.6 is 11.6 Å². The van der Waals surface area contributed by atoms with Crippen molar-refractivity contribution in [3.8, 4) is 0 Å². The summed E-state index contributed by atoms with van der Waals surface area (Å²) in [6.07, 6.45) is 0. The molecule has 1 saturated heterocycles. The molecule has 1 heterocycles. The second kappa shape index (κ2) is 5.40. The van der Waals surface area contributed by atoms with Gasteiger partial charge in [0.05, 0.1) is 17.3 Å². The number of halogens is 1. The second-order valence-electron chi connectivity index (χ2n) is 4.43. The topological polar surface area (TPSA) is 71.5 Å². The molecule has 0 bridgehead atoms. The summed E-state index contributed by atoms with van der Waals surface area (Å²) in [7, 11) is -6.55. The summed E-state index contributed by atoms with van der Waals surface area (Å²) in [6.45, 7) is 0.0799. The molecule has 0 aromatic heterocycles. The highest BCUT2D eigenvalue weighted by Crippen LogP contribution is 2.16. The number of nitrogens with zero attached hydrogens (tertiary/aromatic N) is 1. The predicted octanol–water partition coefficient (Wildman–Crippen LogP) is 0.900. The molecule has 2 rings (SSSR count). The highest BCUT2D eigenvalue weighted by molar-refractivity contribution is 7.92. The summed E-state index contributed by atoms with van der Waals surface area (Å²) in [6, 6.07) is 6.57. The molecule has 0 radical (unpaired) electrons. The summed E-state index contributed by atoms with van der Waals surface area (Å²) in [5.41, 5.74) is 0.637. The van der Waals surface area contributed by atoms with Crippen LogP contribution < -0.4 is 0 Å². The lowest BCUT2D eigenvalue weighted by Crippen LogP contribution is -2.44. The highest BCUT2D eigenvalue weighted by Gasteiger charge is 2.29. The normalized spacial score (nSPS) is 20.3. The molecular formula is C11H14ClNO4S2. The van der Waals surface area contributed by atoms with E-state index in [-0.39, 0.29) is 30.3 Å². The summed E-state index contributed by atoms with van der Waals surface area (Å²) < 4.78 is 48.1. The van der Waals surface area contributed by atoms with Gasteiger partial charge in [0.25, 0.3) is 0 Å². The van der Waals surface area contributed by atoms with Gasteiger partial charge in [-0.2, -0.15) is 4.31 Å². The van der Waals surface area contributed by atoms with Crippen LogP contribution in [-0.4, -0.2) is 45.7 Å². The molecule has 0 aliphatic carbocycles. The van der Waals surface area contributed by atoms with Crippen LogP contribution in [0, 0.1) is 0 Å². The van der Waals surface area contributed by atoms with Crippen LogP contribution in [0.4, 0.5) is 0 Å². The Morgan fingerprint density at radius 1 is 1.11 bits per heavy atom. The first-order valence-corrected chi connectivity index (χ1v) is 9.52. The van der Waals surface area contributed by atoms with Crippen molar-refractivity contribution in [3.63, 3.8) is 0 Å². The van der Waals surface area contributed by atoms with E-state index in [2.05, 4.69) is 0 Å². The molecule has 8 heteroatoms. The van der Waals surface area contributed by atoms with E-state index in [0.717, 1.165) is 0 Å². The average molecular weight is 324 g/mol. The zero-order valence-corrected chi connectivity index (χ0v) is 12.5. The zero-order chi connectivity index (χ0) is 14.1. The minimum Gasteiger partial charge on any atom is -0.229 e. The van der Waals surface area contributed by atoms with E-state index in [1.54, 1.807) is 24.3 Å². The first kappa shape index (κ1) is 14.8. The van der Waals surface area contributed by atoms with Gasteiger partial charge < -0.3 is 0 Å². The fourth-order valence-electron chi connectivity index (χ4n) is 1.86. The first-order chi connectivity index (χ1) is 8.78. The van der Waals surface area contributed by atoms with Crippen LogP contribution in [0.25, 0.3) is 0 Å². The average Bonchev–Trinajstić information content (AvgIpc) is 2.31. The molecule has 1 aromatic carbocycles. The van der Waals surface area contributed by atoms with Gasteiger partial charge in [-0.25, -0.2) is 16.8 Å². The number of rotatable bonds is 3. The van der Waals surface area contributed by atoms with E-state index in [4.69, 9.17) is 11.6 Å². The standard InChI is InChI=1S/C11H14ClNO4S2/c12-11-3-1-10(2-4-11)9-19(16,17)13-5-7-18(14,15)8-6-13/h1-4H,5-9H2. The molecule has 0 saturated carbocycles. The van der Waals surface area contributed by atoms with E-state index in [1.807, 2.05) is 0 Å². The van der Waals surface area contributed by atoms with Crippen molar-refractivity contribution in [1.29, 1.82) is 0 Å². The van der Waals surface area contributed by atoms with Crippen LogP contribution in [0.5, 0.6) is 0 Å². The van der Waals surface area contributed by atoms with Crippen molar-refractivity contribution in [1.82, 2.24) is 4.31 Å². The molecule has 5 nitrogen and oxygen atoms in total. The maximum atomic E-state index is 12.1. The molecule has 0 N–H and O–H groups in total. The Morgan fingerprint density at radius 2 is 1.63 bits per heavy atom. The number of hydrogen-bond donors (Lipinski definition) is 0. The molecule has 0 amide bonds. The highest BCUT2D eigenvalue weighted by atomic mass is 35.5. The molecule has 1 fully saturated rings. The van der Waals surface area contributed by atoms with Gasteiger partial charge in [0, 0.05) is 18.1 Å². The maximum absolute atomic E-state index is 12.1. The molecule has 1 aromatic rings. The fraction of sp³-hybridized carbons (Fsp3) is 0.455. The Bertz CT molecular complexity index is 638.